The average molecular weight is 206 g/mol. The van der Waals surface area contributed by atoms with Gasteiger partial charge in [0.2, 0.25) is 10.0 Å². The molecular formula is C8H18N2O2S. The number of hydrogen-bond acceptors (Lipinski definition) is 3. The predicted molar refractivity (Wildman–Crippen MR) is 53.0 cm³/mol. The molecule has 1 fully saturated rings. The lowest BCUT2D eigenvalue weighted by Gasteiger charge is -2.27. The average Bonchev–Trinajstić information content (AvgIpc) is 1.94. The quantitative estimate of drug-likeness (QED) is 0.661. The van der Waals surface area contributed by atoms with Crippen molar-refractivity contribution in [2.45, 2.75) is 26.3 Å². The fourth-order valence-electron chi connectivity index (χ4n) is 1.11. The molecule has 0 bridgehead atoms. The number of hydrogen-bond donors (Lipinski definition) is 2. The number of nitrogens with one attached hydrogen (secondary N) is 2. The topological polar surface area (TPSA) is 58.2 Å². The van der Waals surface area contributed by atoms with Crippen molar-refractivity contribution in [2.24, 2.45) is 5.92 Å². The molecule has 1 unspecified atom stereocenters. The highest BCUT2D eigenvalue weighted by Gasteiger charge is 2.23. The summed E-state index contributed by atoms with van der Waals surface area (Å²) < 4.78 is 25.4. The maximum atomic E-state index is 11.4. The standard InChI is InChI=1S/C8H18N2O2S/c1-7(2)5-10-13(11,12)6-8-3-4-9-8/h7-10H,3-6H2,1-2H3. The van der Waals surface area contributed by atoms with Gasteiger partial charge < -0.3 is 5.32 Å². The highest BCUT2D eigenvalue weighted by atomic mass is 32.2. The molecule has 1 saturated heterocycles. The first kappa shape index (κ1) is 10.9. The van der Waals surface area contributed by atoms with Gasteiger partial charge in [0.05, 0.1) is 5.75 Å². The Bertz CT molecular complexity index is 245. The van der Waals surface area contributed by atoms with Gasteiger partial charge in [-0.25, -0.2) is 13.1 Å². The lowest BCUT2D eigenvalue weighted by molar-refractivity contribution is 0.397. The van der Waals surface area contributed by atoms with Crippen LogP contribution in [0.15, 0.2) is 0 Å². The molecule has 4 nitrogen and oxygen atoms in total. The highest BCUT2D eigenvalue weighted by Crippen LogP contribution is 2.04. The Balaban J connectivity index is 2.28. The van der Waals surface area contributed by atoms with Crippen LogP contribution >= 0.6 is 0 Å². The summed E-state index contributed by atoms with van der Waals surface area (Å²) in [5, 5.41) is 3.07. The second-order valence-corrected chi connectivity index (χ2v) is 5.81. The second-order valence-electron chi connectivity index (χ2n) is 3.96. The van der Waals surface area contributed by atoms with E-state index in [1.807, 2.05) is 13.8 Å². The van der Waals surface area contributed by atoms with E-state index in [1.54, 1.807) is 0 Å². The van der Waals surface area contributed by atoms with Crippen molar-refractivity contribution in [2.75, 3.05) is 18.8 Å². The largest absolute Gasteiger partial charge is 0.313 e. The Labute approximate surface area is 80.1 Å². The van der Waals surface area contributed by atoms with Crippen molar-refractivity contribution in [3.05, 3.63) is 0 Å². The van der Waals surface area contributed by atoms with Crippen LogP contribution in [0, 0.1) is 5.92 Å². The van der Waals surface area contributed by atoms with Gasteiger partial charge in [-0.2, -0.15) is 0 Å². The van der Waals surface area contributed by atoms with E-state index in [1.165, 1.54) is 0 Å². The van der Waals surface area contributed by atoms with Crippen LogP contribution < -0.4 is 10.0 Å². The summed E-state index contributed by atoms with van der Waals surface area (Å²) in [5.41, 5.74) is 0. The number of sulfonamides is 1. The van der Waals surface area contributed by atoms with E-state index < -0.39 is 10.0 Å². The van der Waals surface area contributed by atoms with Crippen LogP contribution in [-0.4, -0.2) is 33.3 Å². The summed E-state index contributed by atoms with van der Waals surface area (Å²) in [7, 11) is -3.05. The highest BCUT2D eigenvalue weighted by molar-refractivity contribution is 7.89. The third-order valence-corrected chi connectivity index (χ3v) is 3.51. The van der Waals surface area contributed by atoms with Crippen molar-refractivity contribution in [1.82, 2.24) is 10.0 Å². The van der Waals surface area contributed by atoms with Gasteiger partial charge >= 0.3 is 0 Å². The minimum atomic E-state index is -3.05. The van der Waals surface area contributed by atoms with Crippen LogP contribution in [0.3, 0.4) is 0 Å². The molecular weight excluding hydrogens is 188 g/mol. The van der Waals surface area contributed by atoms with Crippen LogP contribution in [0.25, 0.3) is 0 Å². The summed E-state index contributed by atoms with van der Waals surface area (Å²) in [6.45, 7) is 5.47. The molecule has 2 N–H and O–H groups in total. The Morgan fingerprint density at radius 3 is 2.54 bits per heavy atom. The van der Waals surface area contributed by atoms with Gasteiger partial charge in [-0.3, -0.25) is 0 Å². The first-order valence-corrected chi connectivity index (χ1v) is 6.35. The summed E-state index contributed by atoms with van der Waals surface area (Å²) in [6, 6.07) is 0.171. The van der Waals surface area contributed by atoms with Gasteiger partial charge in [0.25, 0.3) is 0 Å². The Morgan fingerprint density at radius 2 is 2.15 bits per heavy atom. The van der Waals surface area contributed by atoms with E-state index in [9.17, 15) is 8.42 Å². The zero-order valence-corrected chi connectivity index (χ0v) is 9.02. The van der Waals surface area contributed by atoms with Crippen LogP contribution in [-0.2, 0) is 10.0 Å². The summed E-state index contributed by atoms with van der Waals surface area (Å²) in [5.74, 6) is 0.587. The molecule has 1 aliphatic heterocycles. The molecule has 1 heterocycles. The van der Waals surface area contributed by atoms with Crippen molar-refractivity contribution >= 4 is 10.0 Å². The Hall–Kier alpha value is -0.130. The molecule has 1 rings (SSSR count). The fourth-order valence-corrected chi connectivity index (χ4v) is 2.63. The fraction of sp³-hybridized carbons (Fsp3) is 1.00. The van der Waals surface area contributed by atoms with E-state index in [0.717, 1.165) is 13.0 Å². The maximum absolute atomic E-state index is 11.4. The molecule has 0 spiro atoms. The predicted octanol–water partition coefficient (Wildman–Crippen LogP) is -0.0763. The Kier molecular flexibility index (Phi) is 3.70. The van der Waals surface area contributed by atoms with Gasteiger partial charge in [-0.1, -0.05) is 13.8 Å². The monoisotopic (exact) mass is 206 g/mol. The van der Waals surface area contributed by atoms with E-state index in [4.69, 9.17) is 0 Å². The van der Waals surface area contributed by atoms with E-state index in [-0.39, 0.29) is 11.8 Å². The maximum Gasteiger partial charge on any atom is 0.213 e. The van der Waals surface area contributed by atoms with Crippen LogP contribution in [0.5, 0.6) is 0 Å². The molecule has 0 aliphatic carbocycles. The molecule has 0 amide bonds. The van der Waals surface area contributed by atoms with E-state index in [2.05, 4.69) is 10.0 Å². The third kappa shape index (κ3) is 4.06. The SMILES string of the molecule is CC(C)CNS(=O)(=O)CC1CCN1. The van der Waals surface area contributed by atoms with Gasteiger partial charge in [0.15, 0.2) is 0 Å². The molecule has 5 heteroatoms. The van der Waals surface area contributed by atoms with Gasteiger partial charge in [0.1, 0.15) is 0 Å². The first-order valence-electron chi connectivity index (χ1n) is 4.70. The molecule has 0 saturated carbocycles. The molecule has 13 heavy (non-hydrogen) atoms. The lowest BCUT2D eigenvalue weighted by atomic mass is 10.1. The van der Waals surface area contributed by atoms with E-state index >= 15 is 0 Å². The van der Waals surface area contributed by atoms with Gasteiger partial charge in [-0.15, -0.1) is 0 Å². The molecule has 1 aliphatic rings. The van der Waals surface area contributed by atoms with Crippen LogP contribution in [0.1, 0.15) is 20.3 Å². The normalized spacial score (nSPS) is 23.2. The van der Waals surface area contributed by atoms with Gasteiger partial charge in [-0.05, 0) is 18.9 Å². The van der Waals surface area contributed by atoms with Crippen molar-refractivity contribution in [1.29, 1.82) is 0 Å². The molecule has 0 radical (unpaired) electrons. The second kappa shape index (κ2) is 4.39. The number of rotatable bonds is 5. The van der Waals surface area contributed by atoms with E-state index in [0.29, 0.717) is 12.5 Å². The van der Waals surface area contributed by atoms with Crippen LogP contribution in [0.2, 0.25) is 0 Å². The zero-order chi connectivity index (χ0) is 9.90. The third-order valence-electron chi connectivity index (χ3n) is 2.06. The smallest absolute Gasteiger partial charge is 0.213 e. The molecule has 1 atom stereocenters. The summed E-state index contributed by atoms with van der Waals surface area (Å²) in [4.78, 5) is 0. The van der Waals surface area contributed by atoms with Crippen molar-refractivity contribution in [3.63, 3.8) is 0 Å². The van der Waals surface area contributed by atoms with Crippen LogP contribution in [0.4, 0.5) is 0 Å². The Morgan fingerprint density at radius 1 is 1.54 bits per heavy atom. The zero-order valence-electron chi connectivity index (χ0n) is 8.21. The molecule has 0 aromatic heterocycles. The molecule has 0 aromatic carbocycles. The van der Waals surface area contributed by atoms with Crippen molar-refractivity contribution < 1.29 is 8.42 Å². The van der Waals surface area contributed by atoms with Crippen molar-refractivity contribution in [3.8, 4) is 0 Å². The first-order chi connectivity index (χ1) is 5.99. The lowest BCUT2D eigenvalue weighted by Crippen LogP contribution is -2.49. The molecule has 0 aromatic rings. The summed E-state index contributed by atoms with van der Waals surface area (Å²) in [6.07, 6.45) is 0.975. The van der Waals surface area contributed by atoms with Gasteiger partial charge in [0, 0.05) is 12.6 Å². The minimum absolute atomic E-state index is 0.171. The molecule has 78 valence electrons. The minimum Gasteiger partial charge on any atom is -0.313 e. The summed E-state index contributed by atoms with van der Waals surface area (Å²) >= 11 is 0.